The fourth-order valence-electron chi connectivity index (χ4n) is 1.39. The molecule has 0 saturated heterocycles. The number of nitrogens with one attached hydrogen (secondary N) is 1. The Labute approximate surface area is 96.6 Å². The predicted molar refractivity (Wildman–Crippen MR) is 59.0 cm³/mol. The van der Waals surface area contributed by atoms with Crippen molar-refractivity contribution < 1.29 is 14.3 Å². The maximum absolute atomic E-state index is 5.48. The van der Waals surface area contributed by atoms with Crippen molar-refractivity contribution in [1.29, 1.82) is 0 Å². The number of fused-ring (bicyclic) bond motifs is 1. The molecule has 0 unspecified atom stereocenters. The molecule has 0 aliphatic carbocycles. The number of halogens is 1. The van der Waals surface area contributed by atoms with E-state index >= 15 is 0 Å². The van der Waals surface area contributed by atoms with Gasteiger partial charge in [-0.05, 0) is 17.7 Å². The summed E-state index contributed by atoms with van der Waals surface area (Å²) in [6.07, 6.45) is 0. The molecule has 2 rings (SSSR count). The Morgan fingerprint density at radius 1 is 1.33 bits per heavy atom. The zero-order chi connectivity index (χ0) is 10.7. The summed E-state index contributed by atoms with van der Waals surface area (Å²) in [7, 11) is 1.59. The van der Waals surface area contributed by atoms with Gasteiger partial charge in [-0.1, -0.05) is 15.9 Å². The molecule has 0 spiro atoms. The second kappa shape index (κ2) is 4.83. The molecule has 4 nitrogen and oxygen atoms in total. The summed E-state index contributed by atoms with van der Waals surface area (Å²) in [5.41, 5.74) is 3.86. The Bertz CT molecular complexity index is 357. The van der Waals surface area contributed by atoms with Crippen molar-refractivity contribution in [2.24, 2.45) is 0 Å². The highest BCUT2D eigenvalue weighted by Gasteiger charge is 2.14. The summed E-state index contributed by atoms with van der Waals surface area (Å²) < 4.78 is 11.9. The Kier molecular flexibility index (Phi) is 3.45. The van der Waals surface area contributed by atoms with Gasteiger partial charge >= 0.3 is 0 Å². The van der Waals surface area contributed by atoms with Crippen molar-refractivity contribution in [2.45, 2.75) is 6.54 Å². The lowest BCUT2D eigenvalue weighted by Crippen LogP contribution is -2.16. The van der Waals surface area contributed by atoms with Crippen LogP contribution in [-0.4, -0.2) is 20.3 Å². The third-order valence-electron chi connectivity index (χ3n) is 2.12. The number of benzene rings is 1. The molecule has 1 aliphatic rings. The van der Waals surface area contributed by atoms with Gasteiger partial charge in [-0.25, -0.2) is 0 Å². The molecule has 1 heterocycles. The average molecular weight is 274 g/mol. The Morgan fingerprint density at radius 3 is 2.67 bits per heavy atom. The molecule has 1 aliphatic heterocycles. The molecule has 0 fully saturated rings. The van der Waals surface area contributed by atoms with E-state index in [2.05, 4.69) is 21.4 Å². The molecular weight excluding hydrogens is 262 g/mol. The fraction of sp³-hybridized carbons (Fsp3) is 0.400. The first kappa shape index (κ1) is 10.7. The molecular formula is C10H12BrNO3. The maximum Gasteiger partial charge on any atom is 0.162 e. The largest absolute Gasteiger partial charge is 0.486 e. The third kappa shape index (κ3) is 2.42. The predicted octanol–water partition coefficient (Wildman–Crippen LogP) is 1.87. The van der Waals surface area contributed by atoms with E-state index in [4.69, 9.17) is 14.3 Å². The molecule has 1 aromatic carbocycles. The number of hydrogen-bond acceptors (Lipinski definition) is 4. The summed E-state index contributed by atoms with van der Waals surface area (Å²) >= 11 is 3.47. The number of hydroxylamine groups is 1. The minimum atomic E-state index is 0.603. The van der Waals surface area contributed by atoms with E-state index in [1.807, 2.05) is 12.1 Å². The van der Waals surface area contributed by atoms with Crippen molar-refractivity contribution in [2.75, 3.05) is 20.3 Å². The highest BCUT2D eigenvalue weighted by molar-refractivity contribution is 9.10. The molecule has 5 heteroatoms. The van der Waals surface area contributed by atoms with Gasteiger partial charge in [0.1, 0.15) is 13.2 Å². The van der Waals surface area contributed by atoms with Crippen molar-refractivity contribution in [3.8, 4) is 11.5 Å². The van der Waals surface area contributed by atoms with Gasteiger partial charge < -0.3 is 14.3 Å². The Hall–Kier alpha value is -0.780. The lowest BCUT2D eigenvalue weighted by Gasteiger charge is -2.19. The van der Waals surface area contributed by atoms with Crippen LogP contribution in [-0.2, 0) is 11.4 Å². The SMILES string of the molecule is CONCc1cc2c(cc1Br)OCCO2. The highest BCUT2D eigenvalue weighted by Crippen LogP contribution is 2.35. The third-order valence-corrected chi connectivity index (χ3v) is 2.86. The van der Waals surface area contributed by atoms with Crippen LogP contribution >= 0.6 is 15.9 Å². The molecule has 1 N–H and O–H groups in total. The molecule has 0 bridgehead atoms. The minimum absolute atomic E-state index is 0.603. The van der Waals surface area contributed by atoms with Crippen molar-refractivity contribution in [1.82, 2.24) is 5.48 Å². The van der Waals surface area contributed by atoms with Gasteiger partial charge in [0.05, 0.1) is 7.11 Å². The first-order valence-electron chi connectivity index (χ1n) is 4.65. The van der Waals surface area contributed by atoms with Gasteiger partial charge in [-0.2, -0.15) is 5.48 Å². The highest BCUT2D eigenvalue weighted by atomic mass is 79.9. The minimum Gasteiger partial charge on any atom is -0.486 e. The standard InChI is InChI=1S/C10H12BrNO3/c1-13-12-6-7-4-9-10(5-8(7)11)15-3-2-14-9/h4-5,12H,2-3,6H2,1H3. The smallest absolute Gasteiger partial charge is 0.162 e. The summed E-state index contributed by atoms with van der Waals surface area (Å²) in [6, 6.07) is 3.87. The van der Waals surface area contributed by atoms with Crippen LogP contribution in [0.1, 0.15) is 5.56 Å². The van der Waals surface area contributed by atoms with Gasteiger partial charge in [0.15, 0.2) is 11.5 Å². The summed E-state index contributed by atoms with van der Waals surface area (Å²) in [5.74, 6) is 1.58. The van der Waals surface area contributed by atoms with E-state index in [0.29, 0.717) is 19.8 Å². The van der Waals surface area contributed by atoms with Gasteiger partial charge in [0, 0.05) is 11.0 Å². The maximum atomic E-state index is 5.48. The van der Waals surface area contributed by atoms with Crippen LogP contribution in [0.3, 0.4) is 0 Å². The van der Waals surface area contributed by atoms with Crippen molar-refractivity contribution in [3.05, 3.63) is 22.2 Å². The van der Waals surface area contributed by atoms with Crippen molar-refractivity contribution in [3.63, 3.8) is 0 Å². The topological polar surface area (TPSA) is 39.7 Å². The van der Waals surface area contributed by atoms with Crippen LogP contribution in [0.25, 0.3) is 0 Å². The van der Waals surface area contributed by atoms with Crippen LogP contribution in [0.4, 0.5) is 0 Å². The van der Waals surface area contributed by atoms with Crippen LogP contribution < -0.4 is 15.0 Å². The van der Waals surface area contributed by atoms with Crippen molar-refractivity contribution >= 4 is 15.9 Å². The Balaban J connectivity index is 2.24. The first-order valence-corrected chi connectivity index (χ1v) is 5.44. The zero-order valence-corrected chi connectivity index (χ0v) is 9.96. The van der Waals surface area contributed by atoms with E-state index in [1.54, 1.807) is 7.11 Å². The average Bonchev–Trinajstić information content (AvgIpc) is 2.26. The van der Waals surface area contributed by atoms with Crippen LogP contribution in [0.5, 0.6) is 11.5 Å². The van der Waals surface area contributed by atoms with Gasteiger partial charge in [-0.3, -0.25) is 0 Å². The monoisotopic (exact) mass is 273 g/mol. The summed E-state index contributed by atoms with van der Waals surface area (Å²) in [6.45, 7) is 1.83. The lowest BCUT2D eigenvalue weighted by molar-refractivity contribution is 0.0864. The first-order chi connectivity index (χ1) is 7.31. The molecule has 1 aromatic rings. The normalized spacial score (nSPS) is 14.0. The molecule has 0 saturated carbocycles. The second-order valence-electron chi connectivity index (χ2n) is 3.11. The van der Waals surface area contributed by atoms with E-state index in [1.165, 1.54) is 0 Å². The number of hydrogen-bond donors (Lipinski definition) is 1. The van der Waals surface area contributed by atoms with E-state index < -0.39 is 0 Å². The zero-order valence-electron chi connectivity index (χ0n) is 8.38. The lowest BCUT2D eigenvalue weighted by atomic mass is 10.2. The van der Waals surface area contributed by atoms with Gasteiger partial charge in [0.2, 0.25) is 0 Å². The van der Waals surface area contributed by atoms with Crippen LogP contribution in [0, 0.1) is 0 Å². The summed E-state index contributed by atoms with van der Waals surface area (Å²) in [5, 5.41) is 0. The Morgan fingerprint density at radius 2 is 2.00 bits per heavy atom. The van der Waals surface area contributed by atoms with Crippen LogP contribution in [0.2, 0.25) is 0 Å². The quantitative estimate of drug-likeness (QED) is 0.854. The van der Waals surface area contributed by atoms with E-state index in [0.717, 1.165) is 21.5 Å². The second-order valence-corrected chi connectivity index (χ2v) is 3.97. The van der Waals surface area contributed by atoms with Crippen LogP contribution in [0.15, 0.2) is 16.6 Å². The van der Waals surface area contributed by atoms with E-state index in [-0.39, 0.29) is 0 Å². The summed E-state index contributed by atoms with van der Waals surface area (Å²) in [4.78, 5) is 4.80. The molecule has 0 radical (unpaired) electrons. The molecule has 82 valence electrons. The number of rotatable bonds is 3. The van der Waals surface area contributed by atoms with Gasteiger partial charge in [-0.15, -0.1) is 0 Å². The molecule has 0 aromatic heterocycles. The molecule has 0 amide bonds. The fourth-order valence-corrected chi connectivity index (χ4v) is 1.85. The molecule has 15 heavy (non-hydrogen) atoms. The molecule has 0 atom stereocenters. The van der Waals surface area contributed by atoms with Gasteiger partial charge in [0.25, 0.3) is 0 Å². The van der Waals surface area contributed by atoms with E-state index in [9.17, 15) is 0 Å². The number of ether oxygens (including phenoxy) is 2.